The summed E-state index contributed by atoms with van der Waals surface area (Å²) in [5.41, 5.74) is 4.66. The maximum Gasteiger partial charge on any atom is 0.272 e. The second-order valence-corrected chi connectivity index (χ2v) is 5.08. The van der Waals surface area contributed by atoms with Crippen molar-refractivity contribution in [1.82, 2.24) is 5.43 Å². The largest absolute Gasteiger partial charge is 0.272 e. The average molecular weight is 307 g/mol. The van der Waals surface area contributed by atoms with Crippen molar-refractivity contribution >= 4 is 35.3 Å². The molecule has 0 bridgehead atoms. The quantitative estimate of drug-likeness (QED) is 0.674. The number of hydrazone groups is 1. The molecular formula is C15H12Cl2N2O. The Bertz CT molecular complexity index is 651. The summed E-state index contributed by atoms with van der Waals surface area (Å²) in [6.45, 7) is 1.91. The fourth-order valence-electron chi connectivity index (χ4n) is 1.58. The van der Waals surface area contributed by atoms with Crippen molar-refractivity contribution in [2.45, 2.75) is 6.92 Å². The van der Waals surface area contributed by atoms with Crippen molar-refractivity contribution < 1.29 is 4.79 Å². The van der Waals surface area contributed by atoms with E-state index >= 15 is 0 Å². The molecule has 0 fully saturated rings. The highest BCUT2D eigenvalue weighted by molar-refractivity contribution is 6.33. The number of rotatable bonds is 3. The molecule has 0 aliphatic rings. The van der Waals surface area contributed by atoms with Crippen LogP contribution in [0.25, 0.3) is 0 Å². The molecule has 0 aromatic heterocycles. The number of hydrogen-bond donors (Lipinski definition) is 1. The van der Waals surface area contributed by atoms with E-state index in [1.807, 2.05) is 13.0 Å². The van der Waals surface area contributed by atoms with Crippen LogP contribution in [0.15, 0.2) is 47.6 Å². The molecule has 0 saturated carbocycles. The van der Waals surface area contributed by atoms with E-state index in [4.69, 9.17) is 23.2 Å². The maximum atomic E-state index is 11.9. The van der Waals surface area contributed by atoms with Crippen LogP contribution in [0.4, 0.5) is 0 Å². The van der Waals surface area contributed by atoms with Gasteiger partial charge in [-0.2, -0.15) is 5.10 Å². The molecule has 3 nitrogen and oxygen atoms in total. The van der Waals surface area contributed by atoms with Gasteiger partial charge in [0.25, 0.3) is 5.91 Å². The van der Waals surface area contributed by atoms with Gasteiger partial charge in [0.1, 0.15) is 0 Å². The topological polar surface area (TPSA) is 41.5 Å². The molecule has 2 rings (SSSR count). The van der Waals surface area contributed by atoms with Gasteiger partial charge in [0.15, 0.2) is 0 Å². The van der Waals surface area contributed by atoms with E-state index in [1.54, 1.807) is 36.4 Å². The van der Waals surface area contributed by atoms with Gasteiger partial charge in [-0.25, -0.2) is 5.43 Å². The fraction of sp³-hybridized carbons (Fsp3) is 0.0667. The minimum atomic E-state index is -0.347. The van der Waals surface area contributed by atoms with E-state index in [-0.39, 0.29) is 5.91 Å². The predicted molar refractivity (Wildman–Crippen MR) is 82.7 cm³/mol. The Balaban J connectivity index is 2.03. The summed E-state index contributed by atoms with van der Waals surface area (Å²) < 4.78 is 0. The van der Waals surface area contributed by atoms with Crippen molar-refractivity contribution in [3.8, 4) is 0 Å². The summed E-state index contributed by atoms with van der Waals surface area (Å²) in [4.78, 5) is 11.9. The van der Waals surface area contributed by atoms with Crippen LogP contribution in [0, 0.1) is 6.92 Å². The van der Waals surface area contributed by atoms with Gasteiger partial charge < -0.3 is 0 Å². The van der Waals surface area contributed by atoms with Gasteiger partial charge in [-0.1, -0.05) is 41.4 Å². The number of amides is 1. The number of nitrogens with zero attached hydrogens (tertiary/aromatic N) is 1. The number of nitrogens with one attached hydrogen (secondary N) is 1. The van der Waals surface area contributed by atoms with Crippen LogP contribution < -0.4 is 5.43 Å². The smallest absolute Gasteiger partial charge is 0.267 e. The van der Waals surface area contributed by atoms with E-state index in [2.05, 4.69) is 10.5 Å². The second-order valence-electron chi connectivity index (χ2n) is 4.23. The molecule has 102 valence electrons. The minimum absolute atomic E-state index is 0.347. The normalized spacial score (nSPS) is 10.8. The number of carbonyl (C=O) groups excluding carboxylic acids is 1. The Kier molecular flexibility index (Phi) is 4.77. The third kappa shape index (κ3) is 3.83. The first kappa shape index (κ1) is 14.6. The van der Waals surface area contributed by atoms with E-state index in [0.29, 0.717) is 15.6 Å². The summed E-state index contributed by atoms with van der Waals surface area (Å²) in [6.07, 6.45) is 1.54. The average Bonchev–Trinajstić information content (AvgIpc) is 2.41. The zero-order chi connectivity index (χ0) is 14.5. The Morgan fingerprint density at radius 2 is 1.85 bits per heavy atom. The van der Waals surface area contributed by atoms with Crippen molar-refractivity contribution in [3.05, 3.63) is 69.2 Å². The number of carbonyl (C=O) groups is 1. The Morgan fingerprint density at radius 1 is 1.15 bits per heavy atom. The highest BCUT2D eigenvalue weighted by atomic mass is 35.5. The lowest BCUT2D eigenvalue weighted by Crippen LogP contribution is -2.18. The summed E-state index contributed by atoms with van der Waals surface area (Å²) in [7, 11) is 0. The lowest BCUT2D eigenvalue weighted by atomic mass is 10.1. The predicted octanol–water partition coefficient (Wildman–Crippen LogP) is 4.07. The lowest BCUT2D eigenvalue weighted by Gasteiger charge is -2.03. The SMILES string of the molecule is Cc1ccc(C(=O)N/N=C\c2ccc(Cl)cc2)c(Cl)c1. The summed E-state index contributed by atoms with van der Waals surface area (Å²) in [5.74, 6) is -0.347. The molecular weight excluding hydrogens is 295 g/mol. The molecule has 20 heavy (non-hydrogen) atoms. The number of aryl methyl sites for hydroxylation is 1. The van der Waals surface area contributed by atoms with Crippen molar-refractivity contribution in [3.63, 3.8) is 0 Å². The summed E-state index contributed by atoms with van der Waals surface area (Å²) >= 11 is 11.8. The standard InChI is InChI=1S/C15H12Cl2N2O/c1-10-2-7-13(14(17)8-10)15(20)19-18-9-11-3-5-12(16)6-4-11/h2-9H,1H3,(H,19,20)/b18-9-. The molecule has 0 aliphatic carbocycles. The zero-order valence-electron chi connectivity index (χ0n) is 10.7. The second kappa shape index (κ2) is 6.55. The molecule has 5 heteroatoms. The third-order valence-corrected chi connectivity index (χ3v) is 3.18. The van der Waals surface area contributed by atoms with Gasteiger partial charge in [-0.05, 0) is 42.3 Å². The van der Waals surface area contributed by atoms with Gasteiger partial charge in [-0.15, -0.1) is 0 Å². The number of halogens is 2. The van der Waals surface area contributed by atoms with Gasteiger partial charge in [-0.3, -0.25) is 4.79 Å². The Hall–Kier alpha value is -1.84. The first-order valence-corrected chi connectivity index (χ1v) is 6.67. The van der Waals surface area contributed by atoms with Gasteiger partial charge in [0, 0.05) is 5.02 Å². The molecule has 1 amide bonds. The summed E-state index contributed by atoms with van der Waals surface area (Å²) in [6, 6.07) is 12.3. The van der Waals surface area contributed by atoms with E-state index in [0.717, 1.165) is 11.1 Å². The van der Waals surface area contributed by atoms with E-state index in [9.17, 15) is 4.79 Å². The van der Waals surface area contributed by atoms with Crippen LogP contribution >= 0.6 is 23.2 Å². The first-order valence-electron chi connectivity index (χ1n) is 5.91. The van der Waals surface area contributed by atoms with Crippen LogP contribution in [0.1, 0.15) is 21.5 Å². The molecule has 0 heterocycles. The van der Waals surface area contributed by atoms with Gasteiger partial charge in [0.2, 0.25) is 0 Å². The first-order chi connectivity index (χ1) is 9.56. The molecule has 0 aliphatic heterocycles. The third-order valence-electron chi connectivity index (χ3n) is 2.62. The highest BCUT2D eigenvalue weighted by Crippen LogP contribution is 2.17. The monoisotopic (exact) mass is 306 g/mol. The zero-order valence-corrected chi connectivity index (χ0v) is 12.2. The van der Waals surface area contributed by atoms with Crippen LogP contribution in [0.2, 0.25) is 10.0 Å². The Labute approximate surface area is 127 Å². The van der Waals surface area contributed by atoms with E-state index in [1.165, 1.54) is 6.21 Å². The molecule has 0 saturated heterocycles. The van der Waals surface area contributed by atoms with E-state index < -0.39 is 0 Å². The molecule has 2 aromatic rings. The van der Waals surface area contributed by atoms with Crippen LogP contribution in [-0.2, 0) is 0 Å². The number of hydrogen-bond acceptors (Lipinski definition) is 2. The molecule has 2 aromatic carbocycles. The molecule has 0 radical (unpaired) electrons. The van der Waals surface area contributed by atoms with Crippen LogP contribution in [0.3, 0.4) is 0 Å². The highest BCUT2D eigenvalue weighted by Gasteiger charge is 2.08. The van der Waals surface area contributed by atoms with Crippen LogP contribution in [0.5, 0.6) is 0 Å². The molecule has 0 spiro atoms. The van der Waals surface area contributed by atoms with Gasteiger partial charge >= 0.3 is 0 Å². The Morgan fingerprint density at radius 3 is 2.50 bits per heavy atom. The van der Waals surface area contributed by atoms with Crippen molar-refractivity contribution in [2.24, 2.45) is 5.10 Å². The molecule has 0 unspecified atom stereocenters. The molecule has 0 atom stereocenters. The molecule has 1 N–H and O–H groups in total. The number of benzene rings is 2. The van der Waals surface area contributed by atoms with Crippen LogP contribution in [-0.4, -0.2) is 12.1 Å². The fourth-order valence-corrected chi connectivity index (χ4v) is 2.03. The lowest BCUT2D eigenvalue weighted by molar-refractivity contribution is 0.0955. The maximum absolute atomic E-state index is 11.9. The van der Waals surface area contributed by atoms with Gasteiger partial charge in [0.05, 0.1) is 16.8 Å². The van der Waals surface area contributed by atoms with Crippen molar-refractivity contribution in [1.29, 1.82) is 0 Å². The summed E-state index contributed by atoms with van der Waals surface area (Å²) in [5, 5.41) is 4.94. The van der Waals surface area contributed by atoms with Crippen molar-refractivity contribution in [2.75, 3.05) is 0 Å². The minimum Gasteiger partial charge on any atom is -0.267 e.